The normalized spacial score (nSPS) is 10.1. The van der Waals surface area contributed by atoms with Gasteiger partial charge in [0.15, 0.2) is 11.5 Å². The molecule has 3 nitrogen and oxygen atoms in total. The molecular formula is C18H20FNO2. The van der Waals surface area contributed by atoms with Crippen molar-refractivity contribution in [1.82, 2.24) is 0 Å². The van der Waals surface area contributed by atoms with Crippen LogP contribution in [0.25, 0.3) is 0 Å². The molecule has 0 aliphatic rings. The fraction of sp³-hybridized carbons (Fsp3) is 0.222. The molecule has 0 radical (unpaired) electrons. The molecule has 1 N–H and O–H groups in total. The maximum atomic E-state index is 12.9. The average molecular weight is 301 g/mol. The maximum Gasteiger partial charge on any atom is 0.161 e. The molecule has 22 heavy (non-hydrogen) atoms. The SMILES string of the molecule is C=CCOc1ccc(CNc2ccc(F)cc2)cc1OCC. The molecule has 4 heteroatoms. The minimum atomic E-state index is -0.243. The van der Waals surface area contributed by atoms with Gasteiger partial charge in [0.05, 0.1) is 6.61 Å². The van der Waals surface area contributed by atoms with E-state index in [0.717, 1.165) is 11.3 Å². The number of halogens is 1. The molecule has 0 aliphatic carbocycles. The molecule has 0 bridgehead atoms. The maximum absolute atomic E-state index is 12.9. The third-order valence-corrected chi connectivity index (χ3v) is 3.01. The number of benzene rings is 2. The van der Waals surface area contributed by atoms with E-state index >= 15 is 0 Å². The van der Waals surface area contributed by atoms with Gasteiger partial charge in [0.25, 0.3) is 0 Å². The van der Waals surface area contributed by atoms with Crippen LogP contribution in [0.4, 0.5) is 10.1 Å². The van der Waals surface area contributed by atoms with E-state index in [0.29, 0.717) is 31.3 Å². The fourth-order valence-corrected chi connectivity index (χ4v) is 1.97. The lowest BCUT2D eigenvalue weighted by molar-refractivity contribution is 0.296. The zero-order chi connectivity index (χ0) is 15.8. The largest absolute Gasteiger partial charge is 0.490 e. The summed E-state index contributed by atoms with van der Waals surface area (Å²) in [5.74, 6) is 1.17. The first-order valence-corrected chi connectivity index (χ1v) is 7.21. The Bertz CT molecular complexity index is 611. The van der Waals surface area contributed by atoms with Crippen LogP contribution in [0.1, 0.15) is 12.5 Å². The molecule has 2 aromatic rings. The third kappa shape index (κ3) is 4.52. The van der Waals surface area contributed by atoms with E-state index < -0.39 is 0 Å². The predicted octanol–water partition coefficient (Wildman–Crippen LogP) is 4.40. The first-order chi connectivity index (χ1) is 10.7. The summed E-state index contributed by atoms with van der Waals surface area (Å²) in [6, 6.07) is 12.1. The highest BCUT2D eigenvalue weighted by Gasteiger charge is 2.06. The second kappa shape index (κ2) is 8.08. The summed E-state index contributed by atoms with van der Waals surface area (Å²) < 4.78 is 24.0. The second-order valence-electron chi connectivity index (χ2n) is 4.67. The third-order valence-electron chi connectivity index (χ3n) is 3.01. The molecule has 0 spiro atoms. The number of hydrogen-bond donors (Lipinski definition) is 1. The Kier molecular flexibility index (Phi) is 5.83. The summed E-state index contributed by atoms with van der Waals surface area (Å²) >= 11 is 0. The summed E-state index contributed by atoms with van der Waals surface area (Å²) in [7, 11) is 0. The van der Waals surface area contributed by atoms with E-state index in [1.165, 1.54) is 12.1 Å². The Hall–Kier alpha value is -2.49. The van der Waals surface area contributed by atoms with Crippen molar-refractivity contribution in [2.45, 2.75) is 13.5 Å². The Labute approximate surface area is 130 Å². The van der Waals surface area contributed by atoms with Crippen LogP contribution in [0.5, 0.6) is 11.5 Å². The van der Waals surface area contributed by atoms with Gasteiger partial charge in [-0.3, -0.25) is 0 Å². The van der Waals surface area contributed by atoms with Crippen molar-refractivity contribution in [2.24, 2.45) is 0 Å². The van der Waals surface area contributed by atoms with Gasteiger partial charge in [-0.2, -0.15) is 0 Å². The van der Waals surface area contributed by atoms with Crippen molar-refractivity contribution < 1.29 is 13.9 Å². The fourth-order valence-electron chi connectivity index (χ4n) is 1.97. The number of nitrogens with one attached hydrogen (secondary N) is 1. The monoisotopic (exact) mass is 301 g/mol. The van der Waals surface area contributed by atoms with Gasteiger partial charge >= 0.3 is 0 Å². The Balaban J connectivity index is 2.05. The van der Waals surface area contributed by atoms with Gasteiger partial charge in [0.2, 0.25) is 0 Å². The van der Waals surface area contributed by atoms with Crippen LogP contribution in [0, 0.1) is 5.82 Å². The summed E-state index contributed by atoms with van der Waals surface area (Å²) in [5.41, 5.74) is 1.92. The molecule has 0 saturated carbocycles. The number of ether oxygens (including phenoxy) is 2. The highest BCUT2D eigenvalue weighted by atomic mass is 19.1. The molecule has 2 rings (SSSR count). The second-order valence-corrected chi connectivity index (χ2v) is 4.67. The molecule has 2 aromatic carbocycles. The molecule has 0 aromatic heterocycles. The lowest BCUT2D eigenvalue weighted by atomic mass is 10.2. The van der Waals surface area contributed by atoms with Crippen LogP contribution in [0.2, 0.25) is 0 Å². The van der Waals surface area contributed by atoms with Crippen LogP contribution in [0.3, 0.4) is 0 Å². The van der Waals surface area contributed by atoms with Crippen LogP contribution >= 0.6 is 0 Å². The molecular weight excluding hydrogens is 281 g/mol. The molecule has 0 aliphatic heterocycles. The van der Waals surface area contributed by atoms with E-state index in [1.807, 2.05) is 25.1 Å². The molecule has 0 unspecified atom stereocenters. The van der Waals surface area contributed by atoms with Crippen LogP contribution in [0.15, 0.2) is 55.1 Å². The molecule has 116 valence electrons. The van der Waals surface area contributed by atoms with Gasteiger partial charge in [-0.25, -0.2) is 4.39 Å². The average Bonchev–Trinajstić information content (AvgIpc) is 2.54. The summed E-state index contributed by atoms with van der Waals surface area (Å²) in [5, 5.41) is 3.24. The number of anilines is 1. The van der Waals surface area contributed by atoms with E-state index in [9.17, 15) is 4.39 Å². The summed E-state index contributed by atoms with van der Waals surface area (Å²) in [6.45, 7) is 7.19. The van der Waals surface area contributed by atoms with Gasteiger partial charge in [-0.1, -0.05) is 18.7 Å². The van der Waals surface area contributed by atoms with Gasteiger partial charge in [0.1, 0.15) is 12.4 Å². The van der Waals surface area contributed by atoms with Gasteiger partial charge in [-0.05, 0) is 48.9 Å². The topological polar surface area (TPSA) is 30.5 Å². The first-order valence-electron chi connectivity index (χ1n) is 7.21. The molecule has 0 saturated heterocycles. The summed E-state index contributed by atoms with van der Waals surface area (Å²) in [6.07, 6.45) is 1.69. The van der Waals surface area contributed by atoms with Crippen molar-refractivity contribution in [1.29, 1.82) is 0 Å². The number of rotatable bonds is 8. The van der Waals surface area contributed by atoms with Gasteiger partial charge in [0, 0.05) is 12.2 Å². The van der Waals surface area contributed by atoms with Gasteiger partial charge < -0.3 is 14.8 Å². The molecule has 0 atom stereocenters. The highest BCUT2D eigenvalue weighted by Crippen LogP contribution is 2.29. The summed E-state index contributed by atoms with van der Waals surface area (Å²) in [4.78, 5) is 0. The highest BCUT2D eigenvalue weighted by molar-refractivity contribution is 5.46. The Morgan fingerprint density at radius 3 is 2.55 bits per heavy atom. The van der Waals surface area contributed by atoms with Gasteiger partial charge in [-0.15, -0.1) is 0 Å². The van der Waals surface area contributed by atoms with E-state index in [-0.39, 0.29) is 5.82 Å². The van der Waals surface area contributed by atoms with Crippen molar-refractivity contribution >= 4 is 5.69 Å². The predicted molar refractivity (Wildman–Crippen MR) is 87.0 cm³/mol. The lowest BCUT2D eigenvalue weighted by Crippen LogP contribution is -2.03. The first kappa shape index (κ1) is 15.9. The quantitative estimate of drug-likeness (QED) is 0.733. The molecule has 0 heterocycles. The van der Waals surface area contributed by atoms with Crippen molar-refractivity contribution in [2.75, 3.05) is 18.5 Å². The van der Waals surface area contributed by atoms with Crippen LogP contribution in [-0.2, 0) is 6.54 Å². The van der Waals surface area contributed by atoms with Crippen molar-refractivity contribution in [3.63, 3.8) is 0 Å². The van der Waals surface area contributed by atoms with Crippen LogP contribution in [-0.4, -0.2) is 13.2 Å². The molecule has 0 amide bonds. The Morgan fingerprint density at radius 1 is 1.09 bits per heavy atom. The molecule has 0 fully saturated rings. The van der Waals surface area contributed by atoms with Crippen molar-refractivity contribution in [3.8, 4) is 11.5 Å². The van der Waals surface area contributed by atoms with Crippen molar-refractivity contribution in [3.05, 3.63) is 66.5 Å². The van der Waals surface area contributed by atoms with E-state index in [2.05, 4.69) is 11.9 Å². The zero-order valence-corrected chi connectivity index (χ0v) is 12.6. The van der Waals surface area contributed by atoms with Crippen LogP contribution < -0.4 is 14.8 Å². The minimum absolute atomic E-state index is 0.243. The minimum Gasteiger partial charge on any atom is -0.490 e. The zero-order valence-electron chi connectivity index (χ0n) is 12.6. The Morgan fingerprint density at radius 2 is 1.86 bits per heavy atom. The van der Waals surface area contributed by atoms with E-state index in [1.54, 1.807) is 18.2 Å². The van der Waals surface area contributed by atoms with E-state index in [4.69, 9.17) is 9.47 Å². The smallest absolute Gasteiger partial charge is 0.161 e. The standard InChI is InChI=1S/C18H20FNO2/c1-3-11-22-17-10-5-14(12-18(17)21-4-2)13-20-16-8-6-15(19)7-9-16/h3,5-10,12,20H,1,4,11,13H2,2H3. The number of hydrogen-bond acceptors (Lipinski definition) is 3. The lowest BCUT2D eigenvalue weighted by Gasteiger charge is -2.13.